The zero-order valence-electron chi connectivity index (χ0n) is 20.6. The number of hydrogen-bond acceptors (Lipinski definition) is 5. The lowest BCUT2D eigenvalue weighted by Crippen LogP contribution is -2.46. The number of imidazole rings is 1. The normalized spacial score (nSPS) is 23.6. The lowest BCUT2D eigenvalue weighted by Gasteiger charge is -2.32. The second-order valence-corrected chi connectivity index (χ2v) is 9.36. The molecular weight excluding hydrogens is 509 g/mol. The second kappa shape index (κ2) is 9.54. The van der Waals surface area contributed by atoms with E-state index in [1.54, 1.807) is 12.1 Å². The number of H-pyrrole nitrogens is 1. The second-order valence-electron chi connectivity index (χ2n) is 9.36. The highest BCUT2D eigenvalue weighted by Gasteiger charge is 2.65. The molecule has 1 saturated heterocycles. The molecule has 1 aliphatic heterocycles. The Bertz CT molecular complexity index is 1460. The number of ether oxygens (including phenoxy) is 3. The maximum Gasteiger partial charge on any atom is 0.417 e. The molecule has 2 aromatic heterocycles. The fourth-order valence-electron chi connectivity index (χ4n) is 4.89. The maximum absolute atomic E-state index is 14.6. The van der Waals surface area contributed by atoms with Gasteiger partial charge in [0.1, 0.15) is 18.5 Å². The van der Waals surface area contributed by atoms with Gasteiger partial charge in [-0.15, -0.1) is 0 Å². The molecule has 0 aliphatic carbocycles. The van der Waals surface area contributed by atoms with Crippen molar-refractivity contribution in [1.82, 2.24) is 15.0 Å². The fraction of sp³-hybridized carbons (Fsp3) is 0.333. The molecule has 4 aromatic rings. The van der Waals surface area contributed by atoms with Crippen molar-refractivity contribution >= 4 is 11.2 Å². The SMILES string of the molecule is COc1c([C@H]2[C@H](c3nc4nc(OCc5ccccc5)ccc4[nH]3)O[C@@](C)(C(F)(F)F)[C@H]2C)ccc(F)c1F. The van der Waals surface area contributed by atoms with Crippen molar-refractivity contribution in [2.24, 2.45) is 5.92 Å². The van der Waals surface area contributed by atoms with Crippen molar-refractivity contribution in [2.75, 3.05) is 7.11 Å². The van der Waals surface area contributed by atoms with Gasteiger partial charge in [0.15, 0.2) is 22.8 Å². The average Bonchev–Trinajstić information content (AvgIpc) is 3.43. The first-order valence-corrected chi connectivity index (χ1v) is 11.8. The van der Waals surface area contributed by atoms with Crippen LogP contribution in [0.4, 0.5) is 22.0 Å². The summed E-state index contributed by atoms with van der Waals surface area (Å²) in [6, 6.07) is 14.8. The smallest absolute Gasteiger partial charge is 0.417 e. The first-order valence-electron chi connectivity index (χ1n) is 11.8. The van der Waals surface area contributed by atoms with Crippen LogP contribution in [0.3, 0.4) is 0 Å². The Morgan fingerprint density at radius 2 is 1.76 bits per heavy atom. The van der Waals surface area contributed by atoms with E-state index in [1.165, 1.54) is 13.0 Å². The number of hydrogen-bond donors (Lipinski definition) is 1. The summed E-state index contributed by atoms with van der Waals surface area (Å²) in [5.74, 6) is -4.90. The average molecular weight is 533 g/mol. The molecule has 0 spiro atoms. The van der Waals surface area contributed by atoms with Gasteiger partial charge in [0.05, 0.1) is 12.6 Å². The van der Waals surface area contributed by atoms with Gasteiger partial charge in [-0.1, -0.05) is 43.3 Å². The summed E-state index contributed by atoms with van der Waals surface area (Å²) in [7, 11) is 1.13. The van der Waals surface area contributed by atoms with Gasteiger partial charge >= 0.3 is 6.18 Å². The van der Waals surface area contributed by atoms with E-state index in [0.29, 0.717) is 5.52 Å². The van der Waals surface area contributed by atoms with E-state index in [2.05, 4.69) is 15.0 Å². The molecule has 5 rings (SSSR count). The summed E-state index contributed by atoms with van der Waals surface area (Å²) >= 11 is 0. The van der Waals surface area contributed by atoms with E-state index in [9.17, 15) is 22.0 Å². The highest BCUT2D eigenvalue weighted by atomic mass is 19.4. The van der Waals surface area contributed by atoms with Crippen LogP contribution < -0.4 is 9.47 Å². The van der Waals surface area contributed by atoms with E-state index in [-0.39, 0.29) is 29.5 Å². The number of aromatic nitrogens is 3. The number of nitrogens with one attached hydrogen (secondary N) is 1. The standard InChI is InChI=1S/C27H24F5N3O3/c1-14-20(16-9-10-17(28)21(29)22(16)36-3)23(38-26(14,2)27(30,31)32)25-33-18-11-12-19(34-24(18)35-25)37-13-15-7-5-4-6-8-15/h4-12,14,20,23H,13H2,1-3H3,(H,33,34,35)/t14-,20-,23+,26+/m0/s1. The molecule has 0 amide bonds. The van der Waals surface area contributed by atoms with Crippen LogP contribution in [0.25, 0.3) is 11.2 Å². The largest absolute Gasteiger partial charge is 0.493 e. The minimum absolute atomic E-state index is 0.0390. The highest BCUT2D eigenvalue weighted by Crippen LogP contribution is 2.59. The third-order valence-corrected chi connectivity index (χ3v) is 7.15. The van der Waals surface area contributed by atoms with Crippen LogP contribution in [0.2, 0.25) is 0 Å². The van der Waals surface area contributed by atoms with Gasteiger partial charge in [-0.3, -0.25) is 0 Å². The van der Waals surface area contributed by atoms with E-state index >= 15 is 0 Å². The van der Waals surface area contributed by atoms with Crippen LogP contribution in [0.15, 0.2) is 54.6 Å². The number of nitrogens with zero attached hydrogens (tertiary/aromatic N) is 2. The number of aromatic amines is 1. The van der Waals surface area contributed by atoms with Crippen molar-refractivity contribution in [3.05, 3.63) is 83.2 Å². The molecule has 1 aliphatic rings. The molecule has 2 aromatic carbocycles. The molecule has 11 heteroatoms. The topological polar surface area (TPSA) is 69.3 Å². The van der Waals surface area contributed by atoms with Gasteiger partial charge in [0.2, 0.25) is 11.7 Å². The highest BCUT2D eigenvalue weighted by molar-refractivity contribution is 5.71. The first kappa shape index (κ1) is 25.9. The van der Waals surface area contributed by atoms with Crippen LogP contribution in [-0.4, -0.2) is 33.8 Å². The Morgan fingerprint density at radius 3 is 2.45 bits per heavy atom. The predicted molar refractivity (Wildman–Crippen MR) is 128 cm³/mol. The van der Waals surface area contributed by atoms with Gasteiger partial charge in [-0.25, -0.2) is 9.37 Å². The maximum atomic E-state index is 14.6. The number of alkyl halides is 3. The number of methoxy groups -OCH3 is 1. The number of pyridine rings is 1. The molecule has 0 saturated carbocycles. The Balaban J connectivity index is 1.54. The molecule has 0 radical (unpaired) electrons. The van der Waals surface area contributed by atoms with Crippen molar-refractivity contribution in [3.8, 4) is 11.6 Å². The van der Waals surface area contributed by atoms with Crippen LogP contribution in [-0.2, 0) is 11.3 Å². The molecule has 0 unspecified atom stereocenters. The quantitative estimate of drug-likeness (QED) is 0.282. The third kappa shape index (κ3) is 4.34. The lowest BCUT2D eigenvalue weighted by atomic mass is 9.77. The van der Waals surface area contributed by atoms with Crippen LogP contribution in [0.5, 0.6) is 11.6 Å². The number of benzene rings is 2. The molecule has 200 valence electrons. The fourth-order valence-corrected chi connectivity index (χ4v) is 4.89. The summed E-state index contributed by atoms with van der Waals surface area (Å²) in [5, 5.41) is 0. The molecule has 1 N–H and O–H groups in total. The lowest BCUT2D eigenvalue weighted by molar-refractivity contribution is -0.275. The zero-order chi connectivity index (χ0) is 27.2. The summed E-state index contributed by atoms with van der Waals surface area (Å²) in [5.41, 5.74) is -0.982. The predicted octanol–water partition coefficient (Wildman–Crippen LogP) is 6.64. The molecule has 4 atom stereocenters. The molecule has 38 heavy (non-hydrogen) atoms. The summed E-state index contributed by atoms with van der Waals surface area (Å²) < 4.78 is 87.7. The first-order chi connectivity index (χ1) is 18.0. The van der Waals surface area contributed by atoms with Crippen LogP contribution in [0, 0.1) is 17.6 Å². The Morgan fingerprint density at radius 1 is 1.03 bits per heavy atom. The number of rotatable bonds is 6. The van der Waals surface area contributed by atoms with Crippen molar-refractivity contribution in [1.29, 1.82) is 0 Å². The van der Waals surface area contributed by atoms with Crippen LogP contribution in [0.1, 0.15) is 42.8 Å². The number of fused-ring (bicyclic) bond motifs is 1. The van der Waals surface area contributed by atoms with Crippen molar-refractivity contribution in [2.45, 2.75) is 44.3 Å². The summed E-state index contributed by atoms with van der Waals surface area (Å²) in [4.78, 5) is 11.8. The van der Waals surface area contributed by atoms with Crippen molar-refractivity contribution < 1.29 is 36.2 Å². The van der Waals surface area contributed by atoms with Gasteiger partial charge in [-0.2, -0.15) is 22.5 Å². The monoisotopic (exact) mass is 533 g/mol. The van der Waals surface area contributed by atoms with Gasteiger partial charge < -0.3 is 19.2 Å². The molecule has 0 bridgehead atoms. The van der Waals surface area contributed by atoms with E-state index in [1.807, 2.05) is 30.3 Å². The Hall–Kier alpha value is -3.73. The molecule has 3 heterocycles. The summed E-state index contributed by atoms with van der Waals surface area (Å²) in [6.07, 6.45) is -6.05. The van der Waals surface area contributed by atoms with E-state index in [0.717, 1.165) is 25.7 Å². The van der Waals surface area contributed by atoms with E-state index < -0.39 is 47.1 Å². The molecule has 6 nitrogen and oxygen atoms in total. The summed E-state index contributed by atoms with van der Waals surface area (Å²) in [6.45, 7) is 2.56. The number of halogens is 5. The molecular formula is C27H24F5N3O3. The van der Waals surface area contributed by atoms with Gasteiger partial charge in [0.25, 0.3) is 0 Å². The van der Waals surface area contributed by atoms with Gasteiger partial charge in [0, 0.05) is 23.5 Å². The third-order valence-electron chi connectivity index (χ3n) is 7.15. The minimum atomic E-state index is -4.76. The van der Waals surface area contributed by atoms with Crippen LogP contribution >= 0.6 is 0 Å². The molecule has 1 fully saturated rings. The Kier molecular flexibility index (Phi) is 6.50. The zero-order valence-corrected chi connectivity index (χ0v) is 20.6. The van der Waals surface area contributed by atoms with E-state index in [4.69, 9.17) is 14.2 Å². The Labute approximate surface area is 214 Å². The minimum Gasteiger partial charge on any atom is -0.493 e. The van der Waals surface area contributed by atoms with Gasteiger partial charge in [-0.05, 0) is 24.6 Å². The van der Waals surface area contributed by atoms with Crippen molar-refractivity contribution in [3.63, 3.8) is 0 Å².